The summed E-state index contributed by atoms with van der Waals surface area (Å²) in [6, 6.07) is 51.6. The minimum atomic E-state index is -1.66. The van der Waals surface area contributed by atoms with Gasteiger partial charge in [0.25, 0.3) is 0 Å². The number of carbonyl (C=O) groups is 2. The molecule has 4 aromatic heterocycles. The Morgan fingerprint density at radius 3 is 1.43 bits per heavy atom. The van der Waals surface area contributed by atoms with Gasteiger partial charge in [0.05, 0.1) is 68.0 Å². The van der Waals surface area contributed by atoms with Crippen LogP contribution in [0.25, 0.3) is 55.6 Å². The highest BCUT2D eigenvalue weighted by molar-refractivity contribution is 6.67. The predicted octanol–water partition coefficient (Wildman–Crippen LogP) is 16.9. The zero-order chi connectivity index (χ0) is 63.7. The SMILES string of the molecule is C.Cc1ccc(-n2nc(C(C)(C)C)cc2NC(=O)Nc2ccc(-c3ccc(CN4CCOCC4)o3)c3ccccc23)cc1.Cc1ccc(-n2nc(C(C)(C)C)cc2NC(=O)OCC(Cl)(Cl)Cl)cc1.Nc1ccc(-c2ccc(CN3CCOCC3)o2)c2ccccc12. The predicted molar refractivity (Wildman–Crippen MR) is 369 cm³/mol. The molecule has 3 amide bonds. The topological polar surface area (TPSA) is 192 Å². The molecule has 10 aromatic rings. The fourth-order valence-electron chi connectivity index (χ4n) is 10.3. The molecule has 5 N–H and O–H groups in total. The number of hydrogen-bond donors (Lipinski definition) is 4. The van der Waals surface area contributed by atoms with Crippen molar-refractivity contribution in [2.45, 2.75) is 90.5 Å². The number of nitrogens with two attached hydrogens (primary N) is 1. The molecule has 0 saturated carbocycles. The van der Waals surface area contributed by atoms with Crippen molar-refractivity contribution in [2.75, 3.05) is 80.9 Å². The number of urea groups is 1. The number of nitrogen functional groups attached to an aromatic ring is 1. The molecule has 17 nitrogen and oxygen atoms in total. The molecule has 2 aliphatic heterocycles. The van der Waals surface area contributed by atoms with Crippen LogP contribution in [0.3, 0.4) is 0 Å². The Labute approximate surface area is 547 Å². The normalized spacial score (nSPS) is 14.0. The van der Waals surface area contributed by atoms with Crippen molar-refractivity contribution in [1.29, 1.82) is 0 Å². The number of hydrogen-bond acceptors (Lipinski definition) is 12. The number of nitrogens with zero attached hydrogens (tertiary/aromatic N) is 6. The molecule has 91 heavy (non-hydrogen) atoms. The Hall–Kier alpha value is -8.13. The third-order valence-electron chi connectivity index (χ3n) is 15.3. The summed E-state index contributed by atoms with van der Waals surface area (Å²) in [4.78, 5) is 30.1. The molecular weight excluding hydrogens is 1210 g/mol. The molecule has 478 valence electrons. The lowest BCUT2D eigenvalue weighted by Gasteiger charge is -2.25. The largest absolute Gasteiger partial charge is 0.460 e. The molecule has 20 heteroatoms. The number of nitrogens with one attached hydrogen (secondary N) is 3. The second-order valence-electron chi connectivity index (χ2n) is 24.5. The number of amides is 3. The van der Waals surface area contributed by atoms with Crippen molar-refractivity contribution in [3.63, 3.8) is 0 Å². The number of alkyl halides is 3. The summed E-state index contributed by atoms with van der Waals surface area (Å²) in [7, 11) is 0. The highest BCUT2D eigenvalue weighted by atomic mass is 35.6. The van der Waals surface area contributed by atoms with Gasteiger partial charge in [0, 0.05) is 76.7 Å². The van der Waals surface area contributed by atoms with Crippen molar-refractivity contribution in [3.8, 4) is 34.0 Å². The first kappa shape index (κ1) is 67.3. The summed E-state index contributed by atoms with van der Waals surface area (Å²) in [5.41, 5.74) is 15.0. The van der Waals surface area contributed by atoms with Gasteiger partial charge >= 0.3 is 12.1 Å². The Bertz CT molecular complexity index is 4070. The van der Waals surface area contributed by atoms with Crippen molar-refractivity contribution in [2.24, 2.45) is 0 Å². The van der Waals surface area contributed by atoms with Crippen LogP contribution in [0.4, 0.5) is 32.6 Å². The van der Waals surface area contributed by atoms with E-state index in [2.05, 4.69) is 69.8 Å². The fraction of sp³-hybridized carbons (Fsp3) is 0.324. The van der Waals surface area contributed by atoms with Crippen LogP contribution in [0.1, 0.15) is 83.0 Å². The van der Waals surface area contributed by atoms with Gasteiger partial charge in [0.2, 0.25) is 3.79 Å². The van der Waals surface area contributed by atoms with E-state index in [-0.39, 0.29) is 30.9 Å². The van der Waals surface area contributed by atoms with Gasteiger partial charge in [-0.15, -0.1) is 0 Å². The molecule has 0 aliphatic carbocycles. The molecule has 12 rings (SSSR count). The number of benzene rings is 6. The Morgan fingerprint density at radius 1 is 0.538 bits per heavy atom. The van der Waals surface area contributed by atoms with E-state index in [1.54, 1.807) is 15.4 Å². The molecule has 2 aliphatic rings. The lowest BCUT2D eigenvalue weighted by molar-refractivity contribution is 0.0313. The first-order chi connectivity index (χ1) is 43.0. The van der Waals surface area contributed by atoms with Crippen molar-refractivity contribution >= 4 is 91.5 Å². The number of ether oxygens (including phenoxy) is 3. The zero-order valence-electron chi connectivity index (χ0n) is 52.0. The van der Waals surface area contributed by atoms with E-state index in [1.165, 1.54) is 0 Å². The van der Waals surface area contributed by atoms with Gasteiger partial charge in [0.1, 0.15) is 41.3 Å². The van der Waals surface area contributed by atoms with Crippen LogP contribution in [-0.4, -0.2) is 104 Å². The number of fused-ring (bicyclic) bond motifs is 2. The average molecular weight is 1290 g/mol. The summed E-state index contributed by atoms with van der Waals surface area (Å²) in [6.45, 7) is 24.6. The number of morpholine rings is 2. The van der Waals surface area contributed by atoms with E-state index in [4.69, 9.17) is 68.7 Å². The van der Waals surface area contributed by atoms with Gasteiger partial charge in [-0.05, 0) is 97.4 Å². The van der Waals surface area contributed by atoms with Crippen LogP contribution >= 0.6 is 34.8 Å². The van der Waals surface area contributed by atoms with Crippen LogP contribution in [0, 0.1) is 13.8 Å². The van der Waals surface area contributed by atoms with Gasteiger partial charge in [-0.3, -0.25) is 20.4 Å². The van der Waals surface area contributed by atoms with Crippen LogP contribution < -0.4 is 21.7 Å². The van der Waals surface area contributed by atoms with E-state index in [1.807, 2.05) is 168 Å². The molecule has 0 unspecified atom stereocenters. The summed E-state index contributed by atoms with van der Waals surface area (Å²) in [5, 5.41) is 22.3. The molecular formula is C71H81Cl3N10O7. The number of carbonyl (C=O) groups excluding carboxylic acids is 2. The number of anilines is 4. The van der Waals surface area contributed by atoms with E-state index in [0.29, 0.717) is 17.3 Å². The third kappa shape index (κ3) is 17.7. The minimum Gasteiger partial charge on any atom is -0.460 e. The van der Waals surface area contributed by atoms with E-state index in [0.717, 1.165) is 161 Å². The lowest BCUT2D eigenvalue weighted by atomic mass is 9.92. The van der Waals surface area contributed by atoms with Crippen LogP contribution in [0.15, 0.2) is 167 Å². The minimum absolute atomic E-state index is 0. The number of furan rings is 2. The summed E-state index contributed by atoms with van der Waals surface area (Å²) in [5.74, 6) is 4.69. The summed E-state index contributed by atoms with van der Waals surface area (Å²) in [6.07, 6.45) is -0.722. The summed E-state index contributed by atoms with van der Waals surface area (Å²) >= 11 is 16.8. The highest BCUT2D eigenvalue weighted by Gasteiger charge is 2.26. The van der Waals surface area contributed by atoms with Crippen molar-refractivity contribution in [1.82, 2.24) is 29.4 Å². The van der Waals surface area contributed by atoms with Crippen molar-refractivity contribution < 1.29 is 32.6 Å². The van der Waals surface area contributed by atoms with Crippen LogP contribution in [0.5, 0.6) is 0 Å². The molecule has 6 heterocycles. The first-order valence-corrected chi connectivity index (χ1v) is 31.2. The van der Waals surface area contributed by atoms with Gasteiger partial charge in [-0.2, -0.15) is 10.2 Å². The van der Waals surface area contributed by atoms with E-state index in [9.17, 15) is 9.59 Å². The maximum absolute atomic E-state index is 13.4. The van der Waals surface area contributed by atoms with E-state index < -0.39 is 9.89 Å². The standard InChI is InChI=1S/C34H37N5O3.C19H20N2O2.C17H20Cl3N3O2.CH4/c1-23-9-11-24(12-10-23)39-32(21-31(37-39)34(2,3)4)36-33(40)35-29-15-14-28(26-7-5-6-8-27(26)29)30-16-13-25(42-30)22-38-17-19-41-20-18-38;20-18-7-6-17(15-3-1-2-4-16(15)18)19-8-5-14(23-19)13-21-9-11-22-12-10-21;1-11-5-7-12(8-6-11)23-14(9-13(22-23)16(2,3)4)21-15(24)25-10-17(18,19)20;/h5-16,21H,17-20,22H2,1-4H3,(H2,35,36,40);1-8H,9-13,20H2;5-9H,10H2,1-4H3,(H,21,24);1H4. The zero-order valence-corrected chi connectivity index (χ0v) is 54.3. The molecule has 0 bridgehead atoms. The highest BCUT2D eigenvalue weighted by Crippen LogP contribution is 2.37. The van der Waals surface area contributed by atoms with Gasteiger partial charge in [-0.25, -0.2) is 19.0 Å². The summed E-state index contributed by atoms with van der Waals surface area (Å²) < 4.78 is 29.9. The molecule has 0 atom stereocenters. The van der Waals surface area contributed by atoms with Crippen LogP contribution in [0.2, 0.25) is 0 Å². The smallest absolute Gasteiger partial charge is 0.412 e. The number of halogens is 3. The Morgan fingerprint density at radius 2 is 0.967 bits per heavy atom. The molecule has 0 radical (unpaired) electrons. The third-order valence-corrected chi connectivity index (χ3v) is 15.6. The Kier molecular flexibility index (Phi) is 21.8. The quantitative estimate of drug-likeness (QED) is 0.0669. The number of rotatable bonds is 12. The number of aromatic nitrogens is 4. The molecule has 6 aromatic carbocycles. The molecule has 2 saturated heterocycles. The monoisotopic (exact) mass is 1290 g/mol. The molecule has 2 fully saturated rings. The fourth-order valence-corrected chi connectivity index (χ4v) is 10.5. The molecule has 0 spiro atoms. The second kappa shape index (κ2) is 29.4. The lowest BCUT2D eigenvalue weighted by Crippen LogP contribution is -2.35. The Balaban J connectivity index is 0.000000172. The first-order valence-electron chi connectivity index (χ1n) is 30.0. The van der Waals surface area contributed by atoms with Crippen molar-refractivity contribution in [3.05, 3.63) is 192 Å². The second-order valence-corrected chi connectivity index (χ2v) is 27.0. The van der Waals surface area contributed by atoms with Crippen LogP contribution in [-0.2, 0) is 38.1 Å². The van der Waals surface area contributed by atoms with Gasteiger partial charge < -0.3 is 34.1 Å². The average Bonchev–Trinajstić information content (AvgIpc) is 1.79. The van der Waals surface area contributed by atoms with Gasteiger partial charge in [0.15, 0.2) is 0 Å². The van der Waals surface area contributed by atoms with Gasteiger partial charge in [-0.1, -0.05) is 168 Å². The maximum Gasteiger partial charge on any atom is 0.412 e. The van der Waals surface area contributed by atoms with E-state index >= 15 is 0 Å². The number of aryl methyl sites for hydroxylation is 2. The maximum atomic E-state index is 13.4.